The number of Topliss-reactive ketones (excluding diaryl/α,β-unsaturated/α-hetero) is 1. The summed E-state index contributed by atoms with van der Waals surface area (Å²) in [6, 6.07) is 17.8. The summed E-state index contributed by atoms with van der Waals surface area (Å²) in [5.41, 5.74) is 0.746. The zero-order chi connectivity index (χ0) is 13.9. The van der Waals surface area contributed by atoms with Crippen LogP contribution in [0.4, 0.5) is 0 Å². The van der Waals surface area contributed by atoms with Crippen LogP contribution in [0.5, 0.6) is 0 Å². The highest BCUT2D eigenvalue weighted by atomic mass is 79.9. The van der Waals surface area contributed by atoms with Crippen LogP contribution in [0.2, 0.25) is 0 Å². The van der Waals surface area contributed by atoms with Gasteiger partial charge in [0.05, 0.1) is 4.47 Å². The van der Waals surface area contributed by atoms with Crippen molar-refractivity contribution in [2.24, 2.45) is 0 Å². The highest BCUT2D eigenvalue weighted by Gasteiger charge is 2.12. The highest BCUT2D eigenvalue weighted by molar-refractivity contribution is 9.10. The lowest BCUT2D eigenvalue weighted by molar-refractivity contribution is -0.683. The summed E-state index contributed by atoms with van der Waals surface area (Å²) in [4.78, 5) is 12.3. The minimum Gasteiger partial charge on any atom is -0.287 e. The number of benzene rings is 2. The molecule has 2 nitrogen and oxygen atoms in total. The topological polar surface area (TPSA) is 20.9 Å². The smallest absolute Gasteiger partial charge is 0.227 e. The van der Waals surface area contributed by atoms with E-state index in [-0.39, 0.29) is 5.78 Å². The molecule has 0 atom stereocenters. The van der Waals surface area contributed by atoms with Gasteiger partial charge in [-0.3, -0.25) is 4.79 Å². The van der Waals surface area contributed by atoms with Gasteiger partial charge in [-0.05, 0) is 38.8 Å². The number of hydrogen-bond donors (Lipinski definition) is 0. The van der Waals surface area contributed by atoms with Crippen LogP contribution in [0.25, 0.3) is 10.8 Å². The van der Waals surface area contributed by atoms with E-state index in [4.69, 9.17) is 0 Å². The van der Waals surface area contributed by atoms with E-state index in [9.17, 15) is 4.79 Å². The SMILES string of the molecule is O=C(C[n+]1cccc(Br)c1)c1ccc2ccccc2c1. The van der Waals surface area contributed by atoms with Crippen LogP contribution in [0.1, 0.15) is 10.4 Å². The number of aromatic nitrogens is 1. The minimum atomic E-state index is 0.110. The van der Waals surface area contributed by atoms with Crippen molar-refractivity contribution in [3.8, 4) is 0 Å². The summed E-state index contributed by atoms with van der Waals surface area (Å²) >= 11 is 3.41. The quantitative estimate of drug-likeness (QED) is 0.530. The van der Waals surface area contributed by atoms with Gasteiger partial charge < -0.3 is 0 Å². The van der Waals surface area contributed by atoms with Gasteiger partial charge in [0.25, 0.3) is 0 Å². The first-order chi connectivity index (χ1) is 9.72. The average Bonchev–Trinajstić information content (AvgIpc) is 2.47. The summed E-state index contributed by atoms with van der Waals surface area (Å²) in [5, 5.41) is 2.25. The number of nitrogens with zero attached hydrogens (tertiary/aromatic N) is 1. The molecule has 0 radical (unpaired) electrons. The first-order valence-electron chi connectivity index (χ1n) is 6.39. The Morgan fingerprint density at radius 2 is 1.80 bits per heavy atom. The number of ketones is 1. The van der Waals surface area contributed by atoms with Gasteiger partial charge in [-0.1, -0.05) is 36.4 Å². The number of halogens is 1. The Kier molecular flexibility index (Phi) is 3.61. The maximum Gasteiger partial charge on any atom is 0.227 e. The summed E-state index contributed by atoms with van der Waals surface area (Å²) in [6.07, 6.45) is 3.79. The molecular weight excluding hydrogens is 314 g/mol. The van der Waals surface area contributed by atoms with Crippen molar-refractivity contribution < 1.29 is 9.36 Å². The lowest BCUT2D eigenvalue weighted by Gasteiger charge is -2.01. The zero-order valence-electron chi connectivity index (χ0n) is 10.8. The first kappa shape index (κ1) is 13.0. The molecule has 0 N–H and O–H groups in total. The van der Waals surface area contributed by atoms with Gasteiger partial charge in [0.2, 0.25) is 12.3 Å². The van der Waals surface area contributed by atoms with E-state index in [0.717, 1.165) is 20.8 Å². The molecule has 3 heteroatoms. The fraction of sp³-hybridized carbons (Fsp3) is 0.0588. The van der Waals surface area contributed by atoms with E-state index in [0.29, 0.717) is 6.54 Å². The number of fused-ring (bicyclic) bond motifs is 1. The predicted molar refractivity (Wildman–Crippen MR) is 82.6 cm³/mol. The molecule has 0 saturated carbocycles. The molecule has 0 aliphatic carbocycles. The minimum absolute atomic E-state index is 0.110. The standard InChI is InChI=1S/C17H13BrNO/c18-16-6-3-9-19(11-16)12-17(20)15-8-7-13-4-1-2-5-14(13)10-15/h1-11H,12H2/q+1. The second kappa shape index (κ2) is 5.55. The second-order valence-electron chi connectivity index (χ2n) is 4.68. The van der Waals surface area contributed by atoms with Crippen LogP contribution in [0, 0.1) is 0 Å². The van der Waals surface area contributed by atoms with Gasteiger partial charge in [-0.25, -0.2) is 0 Å². The van der Waals surface area contributed by atoms with E-state index < -0.39 is 0 Å². The van der Waals surface area contributed by atoms with Crippen molar-refractivity contribution in [1.82, 2.24) is 0 Å². The van der Waals surface area contributed by atoms with Crippen molar-refractivity contribution in [3.63, 3.8) is 0 Å². The van der Waals surface area contributed by atoms with E-state index in [2.05, 4.69) is 15.9 Å². The van der Waals surface area contributed by atoms with Crippen molar-refractivity contribution in [3.05, 3.63) is 77.0 Å². The molecular formula is C17H13BrNO+. The lowest BCUT2D eigenvalue weighted by atomic mass is 10.0. The Balaban J connectivity index is 1.88. The van der Waals surface area contributed by atoms with E-state index in [1.54, 1.807) is 0 Å². The largest absolute Gasteiger partial charge is 0.287 e. The van der Waals surface area contributed by atoms with E-state index in [1.165, 1.54) is 0 Å². The number of carbonyl (C=O) groups is 1. The third kappa shape index (κ3) is 2.78. The lowest BCUT2D eigenvalue weighted by Crippen LogP contribution is -2.37. The Morgan fingerprint density at radius 1 is 1.00 bits per heavy atom. The second-order valence-corrected chi connectivity index (χ2v) is 5.60. The first-order valence-corrected chi connectivity index (χ1v) is 7.18. The van der Waals surface area contributed by atoms with Gasteiger partial charge in [0.1, 0.15) is 0 Å². The van der Waals surface area contributed by atoms with Gasteiger partial charge in [-0.2, -0.15) is 4.57 Å². The molecule has 0 spiro atoms. The van der Waals surface area contributed by atoms with Crippen molar-refractivity contribution >= 4 is 32.5 Å². The third-order valence-corrected chi connectivity index (χ3v) is 3.69. The number of pyridine rings is 1. The Labute approximate surface area is 125 Å². The van der Waals surface area contributed by atoms with E-state index >= 15 is 0 Å². The fourth-order valence-corrected chi connectivity index (χ4v) is 2.62. The Bertz CT molecular complexity index is 783. The molecule has 1 aromatic heterocycles. The maximum atomic E-state index is 12.3. The maximum absolute atomic E-state index is 12.3. The van der Waals surface area contributed by atoms with Gasteiger partial charge in [-0.15, -0.1) is 0 Å². The third-order valence-electron chi connectivity index (χ3n) is 3.22. The normalized spacial score (nSPS) is 10.7. The van der Waals surface area contributed by atoms with Crippen LogP contribution in [0.15, 0.2) is 71.5 Å². The molecule has 0 fully saturated rings. The van der Waals surface area contributed by atoms with Crippen molar-refractivity contribution in [2.75, 3.05) is 0 Å². The molecule has 2 aromatic carbocycles. The van der Waals surface area contributed by atoms with Gasteiger partial charge in [0, 0.05) is 11.6 Å². The summed E-state index contributed by atoms with van der Waals surface area (Å²) < 4.78 is 2.84. The summed E-state index contributed by atoms with van der Waals surface area (Å²) in [5.74, 6) is 0.110. The van der Waals surface area contributed by atoms with E-state index in [1.807, 2.05) is 71.6 Å². The summed E-state index contributed by atoms with van der Waals surface area (Å²) in [6.45, 7) is 0.345. The highest BCUT2D eigenvalue weighted by Crippen LogP contribution is 2.16. The Morgan fingerprint density at radius 3 is 2.60 bits per heavy atom. The molecule has 0 amide bonds. The molecule has 0 bridgehead atoms. The molecule has 3 aromatic rings. The van der Waals surface area contributed by atoms with Gasteiger partial charge in [0.15, 0.2) is 12.4 Å². The molecule has 3 rings (SSSR count). The van der Waals surface area contributed by atoms with Crippen LogP contribution < -0.4 is 4.57 Å². The number of carbonyl (C=O) groups excluding carboxylic acids is 1. The van der Waals surface area contributed by atoms with Crippen LogP contribution in [-0.4, -0.2) is 5.78 Å². The molecule has 0 aliphatic rings. The zero-order valence-corrected chi connectivity index (χ0v) is 12.4. The fourth-order valence-electron chi connectivity index (χ4n) is 2.21. The number of hydrogen-bond acceptors (Lipinski definition) is 1. The monoisotopic (exact) mass is 326 g/mol. The van der Waals surface area contributed by atoms with Crippen LogP contribution in [0.3, 0.4) is 0 Å². The summed E-state index contributed by atoms with van der Waals surface area (Å²) in [7, 11) is 0. The molecule has 1 heterocycles. The predicted octanol–water partition coefficient (Wildman–Crippen LogP) is 3.77. The van der Waals surface area contributed by atoms with Crippen LogP contribution >= 0.6 is 15.9 Å². The van der Waals surface area contributed by atoms with Crippen LogP contribution in [-0.2, 0) is 6.54 Å². The van der Waals surface area contributed by atoms with Crippen molar-refractivity contribution in [2.45, 2.75) is 6.54 Å². The average molecular weight is 327 g/mol. The molecule has 98 valence electrons. The molecule has 20 heavy (non-hydrogen) atoms. The molecule has 0 unspecified atom stereocenters. The molecule has 0 aliphatic heterocycles. The van der Waals surface area contributed by atoms with Gasteiger partial charge >= 0.3 is 0 Å². The number of rotatable bonds is 3. The van der Waals surface area contributed by atoms with Crippen molar-refractivity contribution in [1.29, 1.82) is 0 Å². The Hall–Kier alpha value is -2.00. The molecule has 0 saturated heterocycles.